The molecule has 0 amide bonds. The number of benzene rings is 1. The highest BCUT2D eigenvalue weighted by Gasteiger charge is 2.32. The van der Waals surface area contributed by atoms with Crippen molar-refractivity contribution < 1.29 is 31.1 Å². The van der Waals surface area contributed by atoms with Crippen molar-refractivity contribution in [2.45, 2.75) is 11.3 Å². The molecule has 0 aromatic heterocycles. The summed E-state index contributed by atoms with van der Waals surface area (Å²) >= 11 is 5.48. The first-order chi connectivity index (χ1) is 8.15. The van der Waals surface area contributed by atoms with Gasteiger partial charge in [0.2, 0.25) is 0 Å². The second-order valence-corrected chi connectivity index (χ2v) is 4.78. The van der Waals surface area contributed by atoms with Gasteiger partial charge >= 0.3 is 6.36 Å². The highest BCUT2D eigenvalue weighted by molar-refractivity contribution is 7.90. The van der Waals surface area contributed by atoms with E-state index in [4.69, 9.17) is 11.6 Å². The van der Waals surface area contributed by atoms with E-state index in [2.05, 4.69) is 9.13 Å². The quantitative estimate of drug-likeness (QED) is 0.634. The van der Waals surface area contributed by atoms with Gasteiger partial charge in [0.05, 0.1) is 5.02 Å². The summed E-state index contributed by atoms with van der Waals surface area (Å²) in [6.45, 7) is 0. The third kappa shape index (κ3) is 3.73. The molecule has 0 unspecified atom stereocenters. The smallest absolute Gasteiger partial charge is 0.406 e. The van der Waals surface area contributed by atoms with Crippen molar-refractivity contribution in [2.75, 3.05) is 0 Å². The van der Waals surface area contributed by atoms with Crippen molar-refractivity contribution in [1.29, 1.82) is 0 Å². The Morgan fingerprint density at radius 2 is 1.94 bits per heavy atom. The summed E-state index contributed by atoms with van der Waals surface area (Å²) in [5.41, 5.74) is 0. The summed E-state index contributed by atoms with van der Waals surface area (Å²) in [7, 11) is -4.50. The van der Waals surface area contributed by atoms with Crippen molar-refractivity contribution >= 4 is 27.7 Å². The maximum atomic E-state index is 11.9. The molecular formula is C8H3ClF3NO4S. The minimum atomic E-state index is -4.98. The number of alkyl halides is 3. The molecule has 98 valence electrons. The van der Waals surface area contributed by atoms with Crippen molar-refractivity contribution in [3.8, 4) is 5.75 Å². The molecule has 0 heterocycles. The number of hydrogen-bond acceptors (Lipinski definition) is 4. The van der Waals surface area contributed by atoms with Gasteiger partial charge in [-0.2, -0.15) is 8.42 Å². The van der Waals surface area contributed by atoms with Crippen molar-refractivity contribution in [2.24, 2.45) is 4.40 Å². The molecule has 0 aliphatic carbocycles. The highest BCUT2D eigenvalue weighted by Crippen LogP contribution is 2.30. The SMILES string of the molecule is O=C=NS(=O)(=O)c1cc(OC(F)(F)F)ccc1Cl. The van der Waals surface area contributed by atoms with Crippen LogP contribution >= 0.6 is 11.6 Å². The Bertz CT molecular complexity index is 607. The Balaban J connectivity index is 3.30. The van der Waals surface area contributed by atoms with Crippen LogP contribution in [-0.2, 0) is 14.8 Å². The predicted octanol–water partition coefficient (Wildman–Crippen LogP) is 2.26. The molecule has 1 aromatic rings. The molecule has 0 spiro atoms. The lowest BCUT2D eigenvalue weighted by atomic mass is 10.3. The Morgan fingerprint density at radius 1 is 1.33 bits per heavy atom. The van der Waals surface area contributed by atoms with E-state index in [9.17, 15) is 26.4 Å². The van der Waals surface area contributed by atoms with Crippen LogP contribution in [0.2, 0.25) is 5.02 Å². The second-order valence-electron chi connectivity index (χ2n) is 2.80. The number of nitrogens with zero attached hydrogens (tertiary/aromatic N) is 1. The van der Waals surface area contributed by atoms with Gasteiger partial charge in [-0.05, 0) is 12.1 Å². The molecule has 18 heavy (non-hydrogen) atoms. The van der Waals surface area contributed by atoms with Gasteiger partial charge in [0.1, 0.15) is 10.6 Å². The molecule has 0 aliphatic heterocycles. The number of hydrogen-bond donors (Lipinski definition) is 0. The third-order valence-corrected chi connectivity index (χ3v) is 3.22. The van der Waals surface area contributed by atoms with E-state index in [0.717, 1.165) is 18.2 Å². The minimum absolute atomic E-state index is 0.400. The van der Waals surface area contributed by atoms with Crippen LogP contribution in [0.25, 0.3) is 0 Å². The molecular weight excluding hydrogens is 299 g/mol. The zero-order chi connectivity index (χ0) is 14.0. The molecule has 0 N–H and O–H groups in total. The summed E-state index contributed by atoms with van der Waals surface area (Å²) in [5, 5.41) is -0.400. The maximum Gasteiger partial charge on any atom is 0.573 e. The molecule has 0 fully saturated rings. The van der Waals surface area contributed by atoms with E-state index >= 15 is 0 Å². The molecule has 0 saturated carbocycles. The van der Waals surface area contributed by atoms with Crippen LogP contribution in [0.5, 0.6) is 5.75 Å². The molecule has 1 aromatic carbocycles. The third-order valence-electron chi connectivity index (χ3n) is 1.57. The Labute approximate surface area is 104 Å². The van der Waals surface area contributed by atoms with Crippen LogP contribution in [0.1, 0.15) is 0 Å². The minimum Gasteiger partial charge on any atom is -0.406 e. The number of sulfonamides is 1. The topological polar surface area (TPSA) is 72.8 Å². The zero-order valence-electron chi connectivity index (χ0n) is 8.23. The average Bonchev–Trinajstić information content (AvgIpc) is 2.18. The normalized spacial score (nSPS) is 11.8. The van der Waals surface area contributed by atoms with Gasteiger partial charge in [-0.3, -0.25) is 0 Å². The Kier molecular flexibility index (Phi) is 4.00. The molecule has 1 rings (SSSR count). The average molecular weight is 302 g/mol. The van der Waals surface area contributed by atoms with Gasteiger partial charge < -0.3 is 4.74 Å². The lowest BCUT2D eigenvalue weighted by molar-refractivity contribution is -0.274. The molecule has 10 heteroatoms. The number of isocyanates is 1. The zero-order valence-corrected chi connectivity index (χ0v) is 9.80. The second kappa shape index (κ2) is 4.97. The highest BCUT2D eigenvalue weighted by atomic mass is 35.5. The Hall–Kier alpha value is -1.57. The van der Waals surface area contributed by atoms with E-state index in [1.54, 1.807) is 0 Å². The monoisotopic (exact) mass is 301 g/mol. The van der Waals surface area contributed by atoms with Gasteiger partial charge in [0, 0.05) is 6.07 Å². The lowest BCUT2D eigenvalue weighted by Crippen LogP contribution is -2.17. The molecule has 5 nitrogen and oxygen atoms in total. The van der Waals surface area contributed by atoms with Crippen LogP contribution in [0.3, 0.4) is 0 Å². The summed E-state index contributed by atoms with van der Waals surface area (Å²) < 4.78 is 64.4. The first-order valence-electron chi connectivity index (χ1n) is 4.05. The van der Waals surface area contributed by atoms with E-state index in [0.29, 0.717) is 6.07 Å². The fourth-order valence-corrected chi connectivity index (χ4v) is 2.16. The van der Waals surface area contributed by atoms with Gasteiger partial charge in [-0.15, -0.1) is 13.2 Å². The molecule has 0 bridgehead atoms. The largest absolute Gasteiger partial charge is 0.573 e. The Morgan fingerprint density at radius 3 is 2.44 bits per heavy atom. The van der Waals surface area contributed by atoms with Gasteiger partial charge in [-0.1, -0.05) is 16.0 Å². The van der Waals surface area contributed by atoms with E-state index < -0.39 is 32.1 Å². The summed E-state index contributed by atoms with van der Waals surface area (Å²) in [6, 6.07) is 2.20. The van der Waals surface area contributed by atoms with E-state index in [1.165, 1.54) is 0 Å². The summed E-state index contributed by atoms with van der Waals surface area (Å²) in [5.74, 6) is -0.799. The maximum absolute atomic E-state index is 11.9. The number of rotatable bonds is 3. The van der Waals surface area contributed by atoms with E-state index in [-0.39, 0.29) is 0 Å². The fourth-order valence-electron chi connectivity index (χ4n) is 0.977. The molecule has 0 aliphatic rings. The first kappa shape index (κ1) is 14.5. The lowest BCUT2D eigenvalue weighted by Gasteiger charge is -2.10. The van der Waals surface area contributed by atoms with Crippen LogP contribution < -0.4 is 4.74 Å². The van der Waals surface area contributed by atoms with Gasteiger partial charge in [0.15, 0.2) is 0 Å². The van der Waals surface area contributed by atoms with E-state index in [1.807, 2.05) is 0 Å². The van der Waals surface area contributed by atoms with Crippen molar-refractivity contribution in [1.82, 2.24) is 0 Å². The van der Waals surface area contributed by atoms with Crippen LogP contribution in [-0.4, -0.2) is 20.9 Å². The predicted molar refractivity (Wildman–Crippen MR) is 53.4 cm³/mol. The number of carbonyl (C=O) groups excluding carboxylic acids is 1. The van der Waals surface area contributed by atoms with Gasteiger partial charge in [0.25, 0.3) is 16.1 Å². The molecule has 0 saturated heterocycles. The number of halogens is 4. The van der Waals surface area contributed by atoms with Crippen LogP contribution in [0, 0.1) is 0 Å². The van der Waals surface area contributed by atoms with Gasteiger partial charge in [-0.25, -0.2) is 4.79 Å². The molecule has 0 atom stereocenters. The summed E-state index contributed by atoms with van der Waals surface area (Å²) in [6.07, 6.45) is -4.22. The van der Waals surface area contributed by atoms with Crippen molar-refractivity contribution in [3.05, 3.63) is 23.2 Å². The number of ether oxygens (including phenoxy) is 1. The van der Waals surface area contributed by atoms with Crippen LogP contribution in [0.4, 0.5) is 13.2 Å². The summed E-state index contributed by atoms with van der Waals surface area (Å²) in [4.78, 5) is 9.11. The molecule has 0 radical (unpaired) electrons. The standard InChI is InChI=1S/C8H3ClF3NO4S/c9-6-2-1-5(17-8(10,11)12)3-7(6)18(15,16)13-4-14/h1-3H. The van der Waals surface area contributed by atoms with Crippen molar-refractivity contribution in [3.63, 3.8) is 0 Å². The first-order valence-corrected chi connectivity index (χ1v) is 5.87. The fraction of sp³-hybridized carbons (Fsp3) is 0.125. The van der Waals surface area contributed by atoms with Crippen LogP contribution in [0.15, 0.2) is 27.5 Å².